The summed E-state index contributed by atoms with van der Waals surface area (Å²) >= 11 is 0. The Kier molecular flexibility index (Phi) is 4.06. The molecule has 1 saturated carbocycles. The van der Waals surface area contributed by atoms with Gasteiger partial charge in [-0.1, -0.05) is 19.3 Å². The van der Waals surface area contributed by atoms with Gasteiger partial charge in [-0.15, -0.1) is 0 Å². The third kappa shape index (κ3) is 3.25. The molecule has 0 aromatic rings. The summed E-state index contributed by atoms with van der Waals surface area (Å²) in [5, 5.41) is 2.47. The lowest BCUT2D eigenvalue weighted by atomic mass is 9.86. The smallest absolute Gasteiger partial charge is 0.407 e. The molecule has 3 heteroatoms. The first-order valence-corrected chi connectivity index (χ1v) is 5.12. The fourth-order valence-corrected chi connectivity index (χ4v) is 1.93. The highest BCUT2D eigenvalue weighted by Gasteiger charge is 2.22. The fourth-order valence-electron chi connectivity index (χ4n) is 1.93. The van der Waals surface area contributed by atoms with Gasteiger partial charge in [0, 0.05) is 7.05 Å². The maximum absolute atomic E-state index is 10.9. The van der Waals surface area contributed by atoms with Crippen LogP contribution in [0.3, 0.4) is 0 Å². The standard InChI is InChI=1S/C10H19NO2/c1-8(13-10(12)11-2)9-6-4-3-5-7-9/h8-9H,3-7H2,1-2H3,(H,11,12)/t8-/m1/s1. The van der Waals surface area contributed by atoms with Crippen molar-refractivity contribution in [3.8, 4) is 0 Å². The first-order chi connectivity index (χ1) is 6.24. The highest BCUT2D eigenvalue weighted by Crippen LogP contribution is 2.27. The van der Waals surface area contributed by atoms with Crippen molar-refractivity contribution in [2.24, 2.45) is 5.92 Å². The Morgan fingerprint density at radius 2 is 2.00 bits per heavy atom. The molecule has 0 bridgehead atoms. The first-order valence-electron chi connectivity index (χ1n) is 5.12. The minimum absolute atomic E-state index is 0.0697. The Morgan fingerprint density at radius 1 is 1.38 bits per heavy atom. The van der Waals surface area contributed by atoms with E-state index in [2.05, 4.69) is 5.32 Å². The third-order valence-corrected chi connectivity index (χ3v) is 2.81. The molecule has 0 saturated heterocycles. The van der Waals surface area contributed by atoms with Crippen LogP contribution in [-0.2, 0) is 4.74 Å². The zero-order chi connectivity index (χ0) is 9.68. The van der Waals surface area contributed by atoms with Crippen molar-refractivity contribution < 1.29 is 9.53 Å². The van der Waals surface area contributed by atoms with E-state index in [1.165, 1.54) is 32.1 Å². The minimum atomic E-state index is -0.307. The third-order valence-electron chi connectivity index (χ3n) is 2.81. The summed E-state index contributed by atoms with van der Waals surface area (Å²) in [6.45, 7) is 1.99. The van der Waals surface area contributed by atoms with E-state index in [0.29, 0.717) is 5.92 Å². The van der Waals surface area contributed by atoms with Crippen LogP contribution in [0.25, 0.3) is 0 Å². The summed E-state index contributed by atoms with van der Waals surface area (Å²) < 4.78 is 5.19. The number of amides is 1. The monoisotopic (exact) mass is 185 g/mol. The van der Waals surface area contributed by atoms with Gasteiger partial charge in [0.25, 0.3) is 0 Å². The molecule has 1 amide bonds. The lowest BCUT2D eigenvalue weighted by Gasteiger charge is -2.27. The SMILES string of the molecule is CNC(=O)O[C@H](C)C1CCCCC1. The Hall–Kier alpha value is -0.730. The Labute approximate surface area is 79.8 Å². The van der Waals surface area contributed by atoms with Gasteiger partial charge in [-0.3, -0.25) is 0 Å². The Bertz CT molecular complexity index is 164. The first kappa shape index (κ1) is 10.4. The molecule has 0 spiro atoms. The second-order valence-corrected chi connectivity index (χ2v) is 3.76. The van der Waals surface area contributed by atoms with Crippen LogP contribution in [0.15, 0.2) is 0 Å². The van der Waals surface area contributed by atoms with Gasteiger partial charge in [0.1, 0.15) is 6.10 Å². The van der Waals surface area contributed by atoms with E-state index in [1.54, 1.807) is 7.05 Å². The van der Waals surface area contributed by atoms with E-state index in [4.69, 9.17) is 4.74 Å². The van der Waals surface area contributed by atoms with Gasteiger partial charge in [0.2, 0.25) is 0 Å². The topological polar surface area (TPSA) is 38.3 Å². The number of hydrogen-bond donors (Lipinski definition) is 1. The Balaban J connectivity index is 2.28. The van der Waals surface area contributed by atoms with Gasteiger partial charge < -0.3 is 10.1 Å². The van der Waals surface area contributed by atoms with E-state index in [1.807, 2.05) is 6.92 Å². The van der Waals surface area contributed by atoms with Crippen molar-refractivity contribution in [2.45, 2.75) is 45.1 Å². The zero-order valence-electron chi connectivity index (χ0n) is 8.51. The summed E-state index contributed by atoms with van der Waals surface area (Å²) in [7, 11) is 1.59. The van der Waals surface area contributed by atoms with Gasteiger partial charge in [-0.05, 0) is 25.7 Å². The lowest BCUT2D eigenvalue weighted by Crippen LogP contribution is -2.30. The molecule has 1 fully saturated rings. The summed E-state index contributed by atoms with van der Waals surface area (Å²) in [6.07, 6.45) is 6.08. The van der Waals surface area contributed by atoms with E-state index in [-0.39, 0.29) is 12.2 Å². The summed E-state index contributed by atoms with van der Waals surface area (Å²) in [6, 6.07) is 0. The van der Waals surface area contributed by atoms with E-state index < -0.39 is 0 Å². The number of rotatable bonds is 2. The highest BCUT2D eigenvalue weighted by atomic mass is 16.6. The molecule has 1 N–H and O–H groups in total. The second-order valence-electron chi connectivity index (χ2n) is 3.76. The zero-order valence-corrected chi connectivity index (χ0v) is 8.51. The van der Waals surface area contributed by atoms with Crippen molar-refractivity contribution in [1.29, 1.82) is 0 Å². The van der Waals surface area contributed by atoms with Crippen LogP contribution in [0, 0.1) is 5.92 Å². The molecule has 0 heterocycles. The van der Waals surface area contributed by atoms with Crippen LogP contribution in [0.5, 0.6) is 0 Å². The van der Waals surface area contributed by atoms with Crippen LogP contribution in [0.2, 0.25) is 0 Å². The number of carbonyl (C=O) groups excluding carboxylic acids is 1. The van der Waals surface area contributed by atoms with E-state index in [0.717, 1.165) is 0 Å². The average molecular weight is 185 g/mol. The molecule has 0 aliphatic heterocycles. The number of hydrogen-bond acceptors (Lipinski definition) is 2. The predicted octanol–water partition coefficient (Wildman–Crippen LogP) is 2.31. The van der Waals surface area contributed by atoms with Crippen molar-refractivity contribution >= 4 is 6.09 Å². The molecular weight excluding hydrogens is 166 g/mol. The normalized spacial score (nSPS) is 20.8. The van der Waals surface area contributed by atoms with Gasteiger partial charge >= 0.3 is 6.09 Å². The number of nitrogens with one attached hydrogen (secondary N) is 1. The molecule has 0 aromatic carbocycles. The second kappa shape index (κ2) is 5.10. The molecule has 0 unspecified atom stereocenters. The van der Waals surface area contributed by atoms with E-state index in [9.17, 15) is 4.79 Å². The molecule has 13 heavy (non-hydrogen) atoms. The predicted molar refractivity (Wildman–Crippen MR) is 51.6 cm³/mol. The fraction of sp³-hybridized carbons (Fsp3) is 0.900. The van der Waals surface area contributed by atoms with E-state index >= 15 is 0 Å². The molecule has 76 valence electrons. The molecule has 1 aliphatic carbocycles. The quantitative estimate of drug-likeness (QED) is 0.717. The van der Waals surface area contributed by atoms with Gasteiger partial charge in [-0.2, -0.15) is 0 Å². The van der Waals surface area contributed by atoms with Crippen molar-refractivity contribution in [3.05, 3.63) is 0 Å². The van der Waals surface area contributed by atoms with Crippen LogP contribution in [0.1, 0.15) is 39.0 Å². The largest absolute Gasteiger partial charge is 0.446 e. The van der Waals surface area contributed by atoms with Crippen molar-refractivity contribution in [1.82, 2.24) is 5.32 Å². The number of carbonyl (C=O) groups is 1. The van der Waals surface area contributed by atoms with Crippen molar-refractivity contribution in [2.75, 3.05) is 7.05 Å². The van der Waals surface area contributed by atoms with Crippen molar-refractivity contribution in [3.63, 3.8) is 0 Å². The van der Waals surface area contributed by atoms with Gasteiger partial charge in [0.05, 0.1) is 0 Å². The molecule has 3 nitrogen and oxygen atoms in total. The summed E-state index contributed by atoms with van der Waals surface area (Å²) in [5.74, 6) is 0.575. The highest BCUT2D eigenvalue weighted by molar-refractivity contribution is 5.66. The van der Waals surface area contributed by atoms with Crippen LogP contribution in [0.4, 0.5) is 4.79 Å². The number of ether oxygens (including phenoxy) is 1. The number of alkyl carbamates (subject to hydrolysis) is 1. The van der Waals surface area contributed by atoms with Gasteiger partial charge in [-0.25, -0.2) is 4.79 Å². The van der Waals surface area contributed by atoms with Crippen LogP contribution in [-0.4, -0.2) is 19.2 Å². The summed E-state index contributed by atoms with van der Waals surface area (Å²) in [5.41, 5.74) is 0. The molecule has 1 rings (SSSR count). The molecule has 1 atom stereocenters. The minimum Gasteiger partial charge on any atom is -0.446 e. The summed E-state index contributed by atoms with van der Waals surface area (Å²) in [4.78, 5) is 10.9. The molecule has 0 radical (unpaired) electrons. The van der Waals surface area contributed by atoms with Crippen LogP contribution < -0.4 is 5.32 Å². The van der Waals surface area contributed by atoms with Crippen LogP contribution >= 0.6 is 0 Å². The molecular formula is C10H19NO2. The molecule has 1 aliphatic rings. The lowest BCUT2D eigenvalue weighted by molar-refractivity contribution is 0.0608. The molecule has 0 aromatic heterocycles. The average Bonchev–Trinajstić information content (AvgIpc) is 2.19. The Morgan fingerprint density at radius 3 is 2.54 bits per heavy atom. The maximum Gasteiger partial charge on any atom is 0.407 e. The van der Waals surface area contributed by atoms with Gasteiger partial charge in [0.15, 0.2) is 0 Å². The maximum atomic E-state index is 10.9.